The number of anilines is 1. The predicted molar refractivity (Wildman–Crippen MR) is 71.0 cm³/mol. The first-order valence-corrected chi connectivity index (χ1v) is 7.32. The summed E-state index contributed by atoms with van der Waals surface area (Å²) in [6.07, 6.45) is 2.22. The summed E-state index contributed by atoms with van der Waals surface area (Å²) in [6.45, 7) is 0. The van der Waals surface area contributed by atoms with Crippen LogP contribution in [0.5, 0.6) is 0 Å². The summed E-state index contributed by atoms with van der Waals surface area (Å²) >= 11 is 5.70. The number of hydrogen-bond acceptors (Lipinski definition) is 3. The first-order chi connectivity index (χ1) is 9.03. The van der Waals surface area contributed by atoms with Gasteiger partial charge in [0.15, 0.2) is 0 Å². The summed E-state index contributed by atoms with van der Waals surface area (Å²) < 4.78 is 39.6. The lowest BCUT2D eigenvalue weighted by Crippen LogP contribution is -2.15. The summed E-state index contributed by atoms with van der Waals surface area (Å²) in [5.41, 5.74) is 0.533. The van der Waals surface area contributed by atoms with Crippen molar-refractivity contribution >= 4 is 27.3 Å². The van der Waals surface area contributed by atoms with Crippen molar-refractivity contribution in [2.75, 3.05) is 4.72 Å². The molecule has 0 spiro atoms. The van der Waals surface area contributed by atoms with Crippen molar-refractivity contribution in [1.29, 1.82) is 0 Å². The molecule has 1 heterocycles. The normalized spacial score (nSPS) is 11.3. The lowest BCUT2D eigenvalue weighted by molar-refractivity contribution is 0.600. The van der Waals surface area contributed by atoms with E-state index in [4.69, 9.17) is 11.6 Å². The van der Waals surface area contributed by atoms with E-state index in [9.17, 15) is 12.8 Å². The Morgan fingerprint density at radius 1 is 1.26 bits per heavy atom. The second-order valence-electron chi connectivity index (χ2n) is 3.74. The van der Waals surface area contributed by atoms with Gasteiger partial charge in [-0.2, -0.15) is 0 Å². The Balaban J connectivity index is 2.38. The van der Waals surface area contributed by atoms with E-state index in [-0.39, 0.29) is 16.5 Å². The van der Waals surface area contributed by atoms with Crippen LogP contribution in [0.25, 0.3) is 0 Å². The van der Waals surface area contributed by atoms with E-state index in [0.717, 1.165) is 12.3 Å². The molecule has 19 heavy (non-hydrogen) atoms. The Labute approximate surface area is 115 Å². The van der Waals surface area contributed by atoms with E-state index in [1.54, 1.807) is 18.2 Å². The molecule has 100 valence electrons. The van der Waals surface area contributed by atoms with Crippen LogP contribution in [0.3, 0.4) is 0 Å². The standard InChI is InChI=1S/C12H10ClFN2O2S/c13-6-9-3-1-2-4-12(9)19(17,18)16-11-5-10(14)7-15-8-11/h1-5,7-8,16H,6H2. The van der Waals surface area contributed by atoms with Gasteiger partial charge in [0.1, 0.15) is 5.82 Å². The molecule has 0 radical (unpaired) electrons. The molecule has 2 rings (SSSR count). The van der Waals surface area contributed by atoms with Crippen LogP contribution in [-0.2, 0) is 15.9 Å². The average Bonchev–Trinajstić information content (AvgIpc) is 2.38. The topological polar surface area (TPSA) is 59.1 Å². The van der Waals surface area contributed by atoms with Gasteiger partial charge in [0.2, 0.25) is 0 Å². The first-order valence-electron chi connectivity index (χ1n) is 5.30. The van der Waals surface area contributed by atoms with E-state index in [0.29, 0.717) is 5.56 Å². The molecule has 1 aromatic carbocycles. The lowest BCUT2D eigenvalue weighted by Gasteiger charge is -2.10. The highest BCUT2D eigenvalue weighted by Crippen LogP contribution is 2.20. The summed E-state index contributed by atoms with van der Waals surface area (Å²) in [7, 11) is -3.81. The molecule has 7 heteroatoms. The number of nitrogens with zero attached hydrogens (tertiary/aromatic N) is 1. The van der Waals surface area contributed by atoms with E-state index in [2.05, 4.69) is 9.71 Å². The van der Waals surface area contributed by atoms with Crippen molar-refractivity contribution in [3.8, 4) is 0 Å². The van der Waals surface area contributed by atoms with E-state index < -0.39 is 15.8 Å². The zero-order chi connectivity index (χ0) is 13.9. The monoisotopic (exact) mass is 300 g/mol. The molecule has 1 aromatic heterocycles. The second kappa shape index (κ2) is 5.54. The minimum Gasteiger partial charge on any atom is -0.278 e. The molecule has 4 nitrogen and oxygen atoms in total. The van der Waals surface area contributed by atoms with Gasteiger partial charge < -0.3 is 0 Å². The third-order valence-corrected chi connectivity index (χ3v) is 4.13. The van der Waals surface area contributed by atoms with Crippen LogP contribution in [0, 0.1) is 5.82 Å². The zero-order valence-corrected chi connectivity index (χ0v) is 11.2. The minimum absolute atomic E-state index is 0.0596. The van der Waals surface area contributed by atoms with Crippen molar-refractivity contribution in [3.63, 3.8) is 0 Å². The van der Waals surface area contributed by atoms with Crippen LogP contribution in [0.2, 0.25) is 0 Å². The molecule has 0 amide bonds. The second-order valence-corrected chi connectivity index (χ2v) is 5.66. The highest BCUT2D eigenvalue weighted by atomic mass is 35.5. The minimum atomic E-state index is -3.81. The summed E-state index contributed by atoms with van der Waals surface area (Å²) in [6, 6.07) is 7.39. The maximum atomic E-state index is 13.0. The molecule has 0 saturated heterocycles. The summed E-state index contributed by atoms with van der Waals surface area (Å²) in [5, 5.41) is 0. The molecule has 0 saturated carbocycles. The number of hydrogen-bond donors (Lipinski definition) is 1. The average molecular weight is 301 g/mol. The molecule has 1 N–H and O–H groups in total. The number of halogens is 2. The van der Waals surface area contributed by atoms with Gasteiger partial charge in [-0.25, -0.2) is 12.8 Å². The van der Waals surface area contributed by atoms with Crippen LogP contribution in [0.1, 0.15) is 5.56 Å². The van der Waals surface area contributed by atoms with Crippen molar-refractivity contribution in [2.24, 2.45) is 0 Å². The van der Waals surface area contributed by atoms with E-state index >= 15 is 0 Å². The zero-order valence-electron chi connectivity index (χ0n) is 9.68. The van der Waals surface area contributed by atoms with Gasteiger partial charge in [0.25, 0.3) is 10.0 Å². The van der Waals surface area contributed by atoms with Gasteiger partial charge in [-0.1, -0.05) is 18.2 Å². The highest BCUT2D eigenvalue weighted by molar-refractivity contribution is 7.92. The van der Waals surface area contributed by atoms with Crippen LogP contribution in [-0.4, -0.2) is 13.4 Å². The maximum absolute atomic E-state index is 13.0. The molecule has 0 aliphatic carbocycles. The maximum Gasteiger partial charge on any atom is 0.262 e. The van der Waals surface area contributed by atoms with Gasteiger partial charge in [-0.3, -0.25) is 9.71 Å². The number of aromatic nitrogens is 1. The van der Waals surface area contributed by atoms with Crippen molar-refractivity contribution in [3.05, 3.63) is 54.1 Å². The fourth-order valence-electron chi connectivity index (χ4n) is 1.55. The van der Waals surface area contributed by atoms with Crippen molar-refractivity contribution < 1.29 is 12.8 Å². The van der Waals surface area contributed by atoms with Gasteiger partial charge in [-0.15, -0.1) is 11.6 Å². The SMILES string of the molecule is O=S(=O)(Nc1cncc(F)c1)c1ccccc1CCl. The van der Waals surface area contributed by atoms with Gasteiger partial charge >= 0.3 is 0 Å². The van der Waals surface area contributed by atoms with Gasteiger partial charge in [-0.05, 0) is 11.6 Å². The predicted octanol–water partition coefficient (Wildman–Crippen LogP) is 2.76. The Hall–Kier alpha value is -1.66. The van der Waals surface area contributed by atoms with Crippen LogP contribution in [0.15, 0.2) is 47.6 Å². The van der Waals surface area contributed by atoms with Crippen LogP contribution in [0.4, 0.5) is 10.1 Å². The largest absolute Gasteiger partial charge is 0.278 e. The van der Waals surface area contributed by atoms with Crippen molar-refractivity contribution in [2.45, 2.75) is 10.8 Å². The third kappa shape index (κ3) is 3.21. The smallest absolute Gasteiger partial charge is 0.262 e. The Kier molecular flexibility index (Phi) is 4.01. The number of sulfonamides is 1. The van der Waals surface area contributed by atoms with Crippen LogP contribution >= 0.6 is 11.6 Å². The first kappa shape index (κ1) is 13.8. The quantitative estimate of drug-likeness (QED) is 0.883. The molecule has 2 aromatic rings. The van der Waals surface area contributed by atoms with Gasteiger partial charge in [0, 0.05) is 11.9 Å². The molecule has 0 bridgehead atoms. The number of pyridine rings is 1. The number of alkyl halides is 1. The third-order valence-electron chi connectivity index (χ3n) is 2.36. The lowest BCUT2D eigenvalue weighted by atomic mass is 10.2. The highest BCUT2D eigenvalue weighted by Gasteiger charge is 2.18. The van der Waals surface area contributed by atoms with E-state index in [1.165, 1.54) is 12.3 Å². The Morgan fingerprint density at radius 3 is 2.68 bits per heavy atom. The fourth-order valence-corrected chi connectivity index (χ4v) is 3.14. The number of benzene rings is 1. The summed E-state index contributed by atoms with van der Waals surface area (Å²) in [5.74, 6) is -0.552. The number of nitrogens with one attached hydrogen (secondary N) is 1. The molecule has 0 fully saturated rings. The molecular formula is C12H10ClFN2O2S. The molecular weight excluding hydrogens is 291 g/mol. The molecule has 0 unspecified atom stereocenters. The molecule has 0 aliphatic rings. The molecule has 0 atom stereocenters. The molecule has 0 aliphatic heterocycles. The Morgan fingerprint density at radius 2 is 2.00 bits per heavy atom. The summed E-state index contributed by atoms with van der Waals surface area (Å²) in [4.78, 5) is 3.64. The fraction of sp³-hybridized carbons (Fsp3) is 0.0833. The van der Waals surface area contributed by atoms with Crippen LogP contribution < -0.4 is 4.72 Å². The van der Waals surface area contributed by atoms with E-state index in [1.807, 2.05) is 0 Å². The van der Waals surface area contributed by atoms with Gasteiger partial charge in [0.05, 0.1) is 23.0 Å². The van der Waals surface area contributed by atoms with Crippen molar-refractivity contribution in [1.82, 2.24) is 4.98 Å². The Bertz CT molecular complexity index is 692. The number of rotatable bonds is 4.